The second-order valence-corrected chi connectivity index (χ2v) is 7.28. The summed E-state index contributed by atoms with van der Waals surface area (Å²) >= 11 is 0. The topological polar surface area (TPSA) is 96.3 Å². The smallest absolute Gasteiger partial charge is 0.330 e. The molecular weight excluding hydrogens is 358 g/mol. The van der Waals surface area contributed by atoms with Crippen molar-refractivity contribution in [1.29, 1.82) is 0 Å². The van der Waals surface area contributed by atoms with Crippen LogP contribution in [-0.2, 0) is 11.2 Å². The number of nitrogens with one attached hydrogen (secondary N) is 2. The van der Waals surface area contributed by atoms with E-state index in [9.17, 15) is 14.7 Å². The molecule has 0 bridgehead atoms. The number of aryl methyl sites for hydroxylation is 1. The summed E-state index contributed by atoms with van der Waals surface area (Å²) in [6.07, 6.45) is 1.75. The third-order valence-corrected chi connectivity index (χ3v) is 5.44. The molecule has 1 aliphatic heterocycles. The molecule has 7 nitrogen and oxygen atoms in total. The predicted octanol–water partition coefficient (Wildman–Crippen LogP) is 1.53. The zero-order valence-electron chi connectivity index (χ0n) is 16.4. The lowest BCUT2D eigenvalue weighted by atomic mass is 9.96. The summed E-state index contributed by atoms with van der Waals surface area (Å²) in [7, 11) is 0. The predicted molar refractivity (Wildman–Crippen MR) is 108 cm³/mol. The molecule has 2 unspecified atom stereocenters. The van der Waals surface area contributed by atoms with Crippen LogP contribution in [0.3, 0.4) is 0 Å². The fourth-order valence-electron chi connectivity index (χ4n) is 3.69. The molecule has 7 heteroatoms. The molecule has 152 valence electrons. The normalized spacial score (nSPS) is 23.0. The Morgan fingerprint density at radius 2 is 2.04 bits per heavy atom. The lowest BCUT2D eigenvalue weighted by Gasteiger charge is -2.20. The number of nitrogens with zero attached hydrogens (tertiary/aromatic N) is 1. The minimum Gasteiger partial charge on any atom is -0.390 e. The first kappa shape index (κ1) is 20.5. The third-order valence-electron chi connectivity index (χ3n) is 5.44. The van der Waals surface area contributed by atoms with Gasteiger partial charge >= 0.3 is 5.69 Å². The van der Waals surface area contributed by atoms with Crippen molar-refractivity contribution in [1.82, 2.24) is 14.9 Å². The standard InChI is InChI=1S/C21H29N3O4/c1-3-14(16-8-6-5-7-9-16)11-22-12-18-17(25)10-19(28-18)24-13-15(4-2)20(26)23-21(24)27/h5-9,13-14,17-19,22,25H,3-4,10-12H2,1-2H3,(H,23,26,27)/t14?,17?,18-,19-/m0/s1. The van der Waals surface area contributed by atoms with Crippen LogP contribution in [0.2, 0.25) is 0 Å². The van der Waals surface area contributed by atoms with Gasteiger partial charge in [-0.3, -0.25) is 14.3 Å². The van der Waals surface area contributed by atoms with E-state index in [1.165, 1.54) is 16.3 Å². The highest BCUT2D eigenvalue weighted by atomic mass is 16.5. The summed E-state index contributed by atoms with van der Waals surface area (Å²) in [4.78, 5) is 26.2. The monoisotopic (exact) mass is 387 g/mol. The molecule has 0 spiro atoms. The van der Waals surface area contributed by atoms with Crippen molar-refractivity contribution in [3.05, 3.63) is 68.5 Å². The largest absolute Gasteiger partial charge is 0.390 e. The number of aliphatic hydroxyl groups is 1. The molecule has 1 saturated heterocycles. The Balaban J connectivity index is 1.60. The van der Waals surface area contributed by atoms with E-state index < -0.39 is 24.1 Å². The molecule has 28 heavy (non-hydrogen) atoms. The Kier molecular flexibility index (Phi) is 6.83. The van der Waals surface area contributed by atoms with E-state index in [2.05, 4.69) is 29.4 Å². The molecule has 1 aromatic heterocycles. The highest BCUT2D eigenvalue weighted by Crippen LogP contribution is 2.27. The van der Waals surface area contributed by atoms with Crippen LogP contribution in [0.15, 0.2) is 46.1 Å². The molecule has 1 aliphatic rings. The molecule has 0 radical (unpaired) electrons. The van der Waals surface area contributed by atoms with Crippen molar-refractivity contribution in [3.8, 4) is 0 Å². The van der Waals surface area contributed by atoms with Gasteiger partial charge in [0.1, 0.15) is 6.23 Å². The second-order valence-electron chi connectivity index (χ2n) is 7.28. The Labute approximate surface area is 164 Å². The van der Waals surface area contributed by atoms with E-state index in [1.54, 1.807) is 0 Å². The minimum atomic E-state index is -0.668. The van der Waals surface area contributed by atoms with E-state index in [0.717, 1.165) is 13.0 Å². The number of hydrogen-bond acceptors (Lipinski definition) is 5. The number of hydrogen-bond donors (Lipinski definition) is 3. The number of rotatable bonds is 8. The van der Waals surface area contributed by atoms with E-state index in [4.69, 9.17) is 4.74 Å². The first-order valence-corrected chi connectivity index (χ1v) is 9.97. The molecule has 0 aliphatic carbocycles. The number of aromatic amines is 1. The van der Waals surface area contributed by atoms with E-state index in [0.29, 0.717) is 30.9 Å². The average molecular weight is 387 g/mol. The highest BCUT2D eigenvalue weighted by Gasteiger charge is 2.35. The van der Waals surface area contributed by atoms with Crippen molar-refractivity contribution in [3.63, 3.8) is 0 Å². The molecule has 0 saturated carbocycles. The van der Waals surface area contributed by atoms with E-state index >= 15 is 0 Å². The van der Waals surface area contributed by atoms with Gasteiger partial charge < -0.3 is 15.2 Å². The number of benzene rings is 1. The van der Waals surface area contributed by atoms with Crippen LogP contribution in [0.1, 0.15) is 50.0 Å². The summed E-state index contributed by atoms with van der Waals surface area (Å²) in [6.45, 7) is 5.30. The summed E-state index contributed by atoms with van der Waals surface area (Å²) in [5.41, 5.74) is 0.929. The van der Waals surface area contributed by atoms with Crippen LogP contribution in [0.4, 0.5) is 0 Å². The van der Waals surface area contributed by atoms with Gasteiger partial charge in [0.25, 0.3) is 5.56 Å². The molecule has 4 atom stereocenters. The van der Waals surface area contributed by atoms with Crippen LogP contribution in [-0.4, -0.2) is 40.0 Å². The maximum Gasteiger partial charge on any atom is 0.330 e. The van der Waals surface area contributed by atoms with Crippen molar-refractivity contribution in [2.45, 2.75) is 57.5 Å². The summed E-state index contributed by atoms with van der Waals surface area (Å²) in [6, 6.07) is 10.3. The van der Waals surface area contributed by atoms with Crippen molar-refractivity contribution in [2.24, 2.45) is 0 Å². The molecule has 1 fully saturated rings. The number of aromatic nitrogens is 2. The maximum atomic E-state index is 12.1. The molecular formula is C21H29N3O4. The van der Waals surface area contributed by atoms with Crippen LogP contribution < -0.4 is 16.6 Å². The average Bonchev–Trinajstić information content (AvgIpc) is 3.06. The fraction of sp³-hybridized carbons (Fsp3) is 0.524. The number of H-pyrrole nitrogens is 1. The third kappa shape index (κ3) is 4.60. The Hall–Kier alpha value is -2.22. The van der Waals surface area contributed by atoms with Crippen LogP contribution in [0.25, 0.3) is 0 Å². The maximum absolute atomic E-state index is 12.1. The Morgan fingerprint density at radius 3 is 2.71 bits per heavy atom. The lowest BCUT2D eigenvalue weighted by molar-refractivity contribution is -0.0193. The highest BCUT2D eigenvalue weighted by molar-refractivity contribution is 5.19. The first-order valence-electron chi connectivity index (χ1n) is 9.97. The van der Waals surface area contributed by atoms with Gasteiger partial charge in [-0.15, -0.1) is 0 Å². The minimum absolute atomic E-state index is 0.317. The first-order chi connectivity index (χ1) is 13.5. The van der Waals surface area contributed by atoms with Crippen LogP contribution >= 0.6 is 0 Å². The zero-order chi connectivity index (χ0) is 20.1. The van der Waals surface area contributed by atoms with Crippen molar-refractivity contribution >= 4 is 0 Å². The molecule has 2 aromatic rings. The fourth-order valence-corrected chi connectivity index (χ4v) is 3.69. The van der Waals surface area contributed by atoms with Crippen LogP contribution in [0, 0.1) is 0 Å². The summed E-state index contributed by atoms with van der Waals surface area (Å²) in [5.74, 6) is 0.393. The molecule has 3 rings (SSSR count). The molecule has 1 aromatic carbocycles. The van der Waals surface area contributed by atoms with Gasteiger partial charge in [0.2, 0.25) is 0 Å². The van der Waals surface area contributed by atoms with Gasteiger partial charge in [0, 0.05) is 31.3 Å². The lowest BCUT2D eigenvalue weighted by Crippen LogP contribution is -2.36. The van der Waals surface area contributed by atoms with Gasteiger partial charge in [-0.05, 0) is 24.3 Å². The zero-order valence-corrected chi connectivity index (χ0v) is 16.4. The van der Waals surface area contributed by atoms with Gasteiger partial charge in [-0.25, -0.2) is 4.79 Å². The van der Waals surface area contributed by atoms with Gasteiger partial charge in [0.05, 0.1) is 12.2 Å². The van der Waals surface area contributed by atoms with E-state index in [1.807, 2.05) is 25.1 Å². The molecule has 3 N–H and O–H groups in total. The SMILES string of the molecule is CCc1cn([C@@H]2CC(O)[C@H](CNCC(CC)c3ccccc3)O2)c(=O)[nH]c1=O. The van der Waals surface area contributed by atoms with Crippen molar-refractivity contribution in [2.75, 3.05) is 13.1 Å². The van der Waals surface area contributed by atoms with Crippen LogP contribution in [0.5, 0.6) is 0 Å². The summed E-state index contributed by atoms with van der Waals surface area (Å²) < 4.78 is 7.31. The Bertz CT molecular complexity index is 877. The van der Waals surface area contributed by atoms with Gasteiger partial charge in [-0.2, -0.15) is 0 Å². The molecule has 2 heterocycles. The second kappa shape index (κ2) is 9.32. The van der Waals surface area contributed by atoms with E-state index in [-0.39, 0.29) is 5.56 Å². The number of ether oxygens (including phenoxy) is 1. The quantitative estimate of drug-likeness (QED) is 0.638. The van der Waals surface area contributed by atoms with Gasteiger partial charge in [0.15, 0.2) is 0 Å². The van der Waals surface area contributed by atoms with Gasteiger partial charge in [-0.1, -0.05) is 44.2 Å². The summed E-state index contributed by atoms with van der Waals surface area (Å²) in [5, 5.41) is 13.8. The number of aliphatic hydroxyl groups excluding tert-OH is 1. The Morgan fingerprint density at radius 1 is 1.29 bits per heavy atom. The molecule has 0 amide bonds. The van der Waals surface area contributed by atoms with Crippen molar-refractivity contribution < 1.29 is 9.84 Å².